The number of primary amides is 1. The van der Waals surface area contributed by atoms with E-state index in [1.807, 2.05) is 71.5 Å². The van der Waals surface area contributed by atoms with Gasteiger partial charge in [0.2, 0.25) is 0 Å². The number of urea groups is 1. The average Bonchev–Trinajstić information content (AvgIpc) is 3.44. The molecule has 1 aliphatic heterocycles. The number of nitrogens with zero attached hydrogens (tertiary/aromatic N) is 4. The van der Waals surface area contributed by atoms with Crippen LogP contribution in [0.15, 0.2) is 79.0 Å². The second kappa shape index (κ2) is 9.54. The van der Waals surface area contributed by atoms with Gasteiger partial charge in [-0.3, -0.25) is 14.5 Å². The number of fused-ring (bicyclic) bond motifs is 1. The number of hydrogen-bond donors (Lipinski definition) is 2. The Kier molecular flexibility index (Phi) is 6.16. The minimum atomic E-state index is -0.573. The molecular formula is C26H27N5O3. The highest BCUT2D eigenvalue weighted by atomic mass is 16.5. The van der Waals surface area contributed by atoms with Gasteiger partial charge in [0.15, 0.2) is 0 Å². The van der Waals surface area contributed by atoms with Crippen LogP contribution in [0.1, 0.15) is 6.42 Å². The summed E-state index contributed by atoms with van der Waals surface area (Å²) in [6.07, 6.45) is 2.58. The lowest BCUT2D eigenvalue weighted by Crippen LogP contribution is -2.31. The Balaban J connectivity index is 1.33. The van der Waals surface area contributed by atoms with Crippen LogP contribution >= 0.6 is 0 Å². The third-order valence-corrected chi connectivity index (χ3v) is 5.98. The highest BCUT2D eigenvalue weighted by molar-refractivity contribution is 6.00. The Morgan fingerprint density at radius 2 is 1.76 bits per heavy atom. The van der Waals surface area contributed by atoms with Crippen LogP contribution in [0.5, 0.6) is 11.5 Å². The number of para-hydroxylation sites is 1. The molecule has 34 heavy (non-hydrogen) atoms. The molecule has 0 saturated carbocycles. The first-order valence-corrected chi connectivity index (χ1v) is 11.4. The Labute approximate surface area is 197 Å². The molecule has 8 nitrogen and oxygen atoms in total. The second-order valence-electron chi connectivity index (χ2n) is 8.46. The lowest BCUT2D eigenvalue weighted by Gasteiger charge is -2.21. The lowest BCUT2D eigenvalue weighted by atomic mass is 10.2. The van der Waals surface area contributed by atoms with Crippen molar-refractivity contribution in [1.82, 2.24) is 14.7 Å². The molecule has 0 bridgehead atoms. The maximum atomic E-state index is 12.4. The molecule has 1 aromatic heterocycles. The molecule has 2 amide bonds. The van der Waals surface area contributed by atoms with E-state index in [1.54, 1.807) is 12.1 Å². The van der Waals surface area contributed by atoms with Crippen LogP contribution in [-0.4, -0.2) is 51.6 Å². The smallest absolute Gasteiger partial charge is 0.323 e. The van der Waals surface area contributed by atoms with Gasteiger partial charge in [-0.15, -0.1) is 0 Å². The van der Waals surface area contributed by atoms with Crippen molar-refractivity contribution in [2.75, 3.05) is 24.5 Å². The topological polar surface area (TPSA) is 96.8 Å². The molecule has 0 radical (unpaired) electrons. The Hall–Kier alpha value is -3.88. The maximum absolute atomic E-state index is 12.4. The zero-order chi connectivity index (χ0) is 23.5. The van der Waals surface area contributed by atoms with Gasteiger partial charge >= 0.3 is 6.03 Å². The standard InChI is InChI=1S/C26H27N5O3/c27-26(33)31(20-6-9-24(10-7-20)34-23-4-2-1-3-5-23)21-8-11-25-19(16-21)17-30(28-25)15-14-29-13-12-22(32)18-29/h1-11,16-17,22,32H,12-15,18H2,(H2,27,33). The van der Waals surface area contributed by atoms with E-state index < -0.39 is 6.03 Å². The number of β-amino-alcohol motifs (C(OH)–C–C–N with tert-alkyl or cyclic N) is 1. The predicted octanol–water partition coefficient (Wildman–Crippen LogP) is 4.11. The van der Waals surface area contributed by atoms with E-state index in [0.29, 0.717) is 23.7 Å². The van der Waals surface area contributed by atoms with Gasteiger partial charge in [-0.2, -0.15) is 5.10 Å². The van der Waals surface area contributed by atoms with E-state index in [2.05, 4.69) is 10.00 Å². The number of carbonyl (C=O) groups excluding carboxylic acids is 1. The largest absolute Gasteiger partial charge is 0.457 e. The molecule has 1 fully saturated rings. The first-order valence-electron chi connectivity index (χ1n) is 11.4. The summed E-state index contributed by atoms with van der Waals surface area (Å²) in [6.45, 7) is 3.20. The number of aliphatic hydroxyl groups excluding tert-OH is 1. The summed E-state index contributed by atoms with van der Waals surface area (Å²) < 4.78 is 7.75. The van der Waals surface area contributed by atoms with Crippen LogP contribution in [0.25, 0.3) is 10.9 Å². The minimum Gasteiger partial charge on any atom is -0.457 e. The van der Waals surface area contributed by atoms with Gasteiger partial charge in [0.05, 0.1) is 29.5 Å². The average molecular weight is 458 g/mol. The number of aliphatic hydroxyl groups is 1. The number of benzene rings is 3. The van der Waals surface area contributed by atoms with E-state index >= 15 is 0 Å². The van der Waals surface area contributed by atoms with Gasteiger partial charge in [0.1, 0.15) is 11.5 Å². The number of amides is 2. The van der Waals surface area contributed by atoms with Gasteiger partial charge < -0.3 is 15.6 Å². The fraction of sp³-hybridized carbons (Fsp3) is 0.231. The highest BCUT2D eigenvalue weighted by Gasteiger charge is 2.20. The fourth-order valence-electron chi connectivity index (χ4n) is 4.27. The third kappa shape index (κ3) is 4.88. The normalized spacial score (nSPS) is 16.1. The summed E-state index contributed by atoms with van der Waals surface area (Å²) in [5.41, 5.74) is 7.91. The molecule has 1 saturated heterocycles. The molecule has 174 valence electrons. The molecule has 2 heterocycles. The Morgan fingerprint density at radius 3 is 2.47 bits per heavy atom. The molecule has 1 atom stereocenters. The molecule has 0 spiro atoms. The monoisotopic (exact) mass is 457 g/mol. The number of rotatable bonds is 7. The van der Waals surface area contributed by atoms with Crippen molar-refractivity contribution >= 4 is 28.3 Å². The SMILES string of the molecule is NC(=O)N(c1ccc(Oc2ccccc2)cc1)c1ccc2nn(CCN3CCC(O)C3)cc2c1. The van der Waals surface area contributed by atoms with Crippen LogP contribution in [0.3, 0.4) is 0 Å². The van der Waals surface area contributed by atoms with E-state index in [1.165, 1.54) is 4.90 Å². The first-order chi connectivity index (χ1) is 16.5. The Bertz CT molecular complexity index is 1270. The number of aromatic nitrogens is 2. The number of nitrogens with two attached hydrogens (primary N) is 1. The second-order valence-corrected chi connectivity index (χ2v) is 8.46. The summed E-state index contributed by atoms with van der Waals surface area (Å²) in [7, 11) is 0. The summed E-state index contributed by atoms with van der Waals surface area (Å²) in [5.74, 6) is 1.41. The fourth-order valence-corrected chi connectivity index (χ4v) is 4.27. The van der Waals surface area contributed by atoms with E-state index in [-0.39, 0.29) is 6.10 Å². The van der Waals surface area contributed by atoms with Crippen LogP contribution in [-0.2, 0) is 6.54 Å². The summed E-state index contributed by atoms with van der Waals surface area (Å²) in [4.78, 5) is 16.1. The Morgan fingerprint density at radius 1 is 1.03 bits per heavy atom. The van der Waals surface area contributed by atoms with E-state index in [9.17, 15) is 9.90 Å². The van der Waals surface area contributed by atoms with Crippen molar-refractivity contribution in [3.8, 4) is 11.5 Å². The summed E-state index contributed by atoms with van der Waals surface area (Å²) in [5, 5.41) is 15.3. The van der Waals surface area contributed by atoms with E-state index in [4.69, 9.17) is 10.5 Å². The minimum absolute atomic E-state index is 0.224. The molecule has 1 unspecified atom stereocenters. The van der Waals surface area contributed by atoms with Gasteiger partial charge in [-0.05, 0) is 61.0 Å². The first kappa shape index (κ1) is 21.9. The van der Waals surface area contributed by atoms with Crippen molar-refractivity contribution in [2.45, 2.75) is 19.1 Å². The van der Waals surface area contributed by atoms with Crippen LogP contribution < -0.4 is 15.4 Å². The van der Waals surface area contributed by atoms with Crippen molar-refractivity contribution in [1.29, 1.82) is 0 Å². The van der Waals surface area contributed by atoms with E-state index in [0.717, 1.165) is 42.7 Å². The predicted molar refractivity (Wildman–Crippen MR) is 131 cm³/mol. The van der Waals surface area contributed by atoms with Gasteiger partial charge in [0, 0.05) is 31.2 Å². The molecular weight excluding hydrogens is 430 g/mol. The molecule has 8 heteroatoms. The molecule has 4 aromatic rings. The zero-order valence-electron chi connectivity index (χ0n) is 18.7. The van der Waals surface area contributed by atoms with Gasteiger partial charge in [-0.1, -0.05) is 18.2 Å². The number of carbonyl (C=O) groups is 1. The number of ether oxygens (including phenoxy) is 1. The number of likely N-dealkylation sites (tertiary alicyclic amines) is 1. The lowest BCUT2D eigenvalue weighted by molar-refractivity contribution is 0.174. The van der Waals surface area contributed by atoms with Crippen molar-refractivity contribution < 1.29 is 14.6 Å². The number of hydrogen-bond acceptors (Lipinski definition) is 5. The molecule has 3 N–H and O–H groups in total. The molecule has 3 aromatic carbocycles. The van der Waals surface area contributed by atoms with Crippen molar-refractivity contribution in [3.63, 3.8) is 0 Å². The molecule has 5 rings (SSSR count). The molecule has 1 aliphatic rings. The van der Waals surface area contributed by atoms with Crippen molar-refractivity contribution in [3.05, 3.63) is 79.0 Å². The quantitative estimate of drug-likeness (QED) is 0.435. The zero-order valence-corrected chi connectivity index (χ0v) is 18.7. The van der Waals surface area contributed by atoms with Crippen LogP contribution in [0.2, 0.25) is 0 Å². The summed E-state index contributed by atoms with van der Waals surface area (Å²) >= 11 is 0. The van der Waals surface area contributed by atoms with Crippen LogP contribution in [0, 0.1) is 0 Å². The summed E-state index contributed by atoms with van der Waals surface area (Å²) in [6, 6.07) is 21.8. The maximum Gasteiger partial charge on any atom is 0.323 e. The highest BCUT2D eigenvalue weighted by Crippen LogP contribution is 2.30. The molecule has 0 aliphatic carbocycles. The van der Waals surface area contributed by atoms with Crippen molar-refractivity contribution in [2.24, 2.45) is 5.73 Å². The van der Waals surface area contributed by atoms with Crippen LogP contribution in [0.4, 0.5) is 16.2 Å². The van der Waals surface area contributed by atoms with Gasteiger partial charge in [0.25, 0.3) is 0 Å². The third-order valence-electron chi connectivity index (χ3n) is 5.98. The van der Waals surface area contributed by atoms with Gasteiger partial charge in [-0.25, -0.2) is 4.79 Å². The number of anilines is 2.